The molecule has 6 nitrogen and oxygen atoms in total. The van der Waals surface area contributed by atoms with Gasteiger partial charge in [-0.1, -0.05) is 6.92 Å². The zero-order chi connectivity index (χ0) is 23.8. The van der Waals surface area contributed by atoms with E-state index in [0.717, 1.165) is 61.9 Å². The lowest BCUT2D eigenvalue weighted by atomic mass is 9.72. The van der Waals surface area contributed by atoms with E-state index < -0.39 is 0 Å². The van der Waals surface area contributed by atoms with Gasteiger partial charge in [0.05, 0.1) is 28.4 Å². The molecule has 0 amide bonds. The number of piperidine rings is 1. The Morgan fingerprint density at radius 2 is 1.47 bits per heavy atom. The average Bonchev–Trinajstić information content (AvgIpc) is 2.88. The first-order chi connectivity index (χ1) is 16.6. The number of aliphatic imine (C=N–C) groups is 1. The second-order valence-electron chi connectivity index (χ2n) is 9.69. The molecular formula is C28H36N2O4. The van der Waals surface area contributed by atoms with E-state index in [1.165, 1.54) is 34.4 Å². The van der Waals surface area contributed by atoms with Crippen molar-refractivity contribution in [3.63, 3.8) is 0 Å². The van der Waals surface area contributed by atoms with Crippen molar-refractivity contribution < 1.29 is 18.9 Å². The van der Waals surface area contributed by atoms with E-state index >= 15 is 0 Å². The standard InChI is InChI=1S/C28H36N2O4/c1-17-18(12-23-21-15-26(33-4)24(31-2)13-19(21)6-9-29-23)7-10-30-11-8-20-14-25(32-3)27(34-5)16-22(20)28(17)30/h13-18,28H,6-12H2,1-5H3/t17-,18+,28-/m0/s1. The number of fused-ring (bicyclic) bond motifs is 4. The lowest BCUT2D eigenvalue weighted by Crippen LogP contribution is -2.46. The van der Waals surface area contributed by atoms with Gasteiger partial charge in [-0.3, -0.25) is 9.89 Å². The second-order valence-corrected chi connectivity index (χ2v) is 9.69. The summed E-state index contributed by atoms with van der Waals surface area (Å²) in [6.07, 6.45) is 4.20. The van der Waals surface area contributed by atoms with Crippen molar-refractivity contribution in [1.82, 2.24) is 4.90 Å². The monoisotopic (exact) mass is 464 g/mol. The van der Waals surface area contributed by atoms with Crippen molar-refractivity contribution >= 4 is 5.71 Å². The fourth-order valence-electron chi connectivity index (χ4n) is 6.25. The molecule has 0 unspecified atom stereocenters. The molecular weight excluding hydrogens is 428 g/mol. The molecule has 0 N–H and O–H groups in total. The summed E-state index contributed by atoms with van der Waals surface area (Å²) in [5, 5.41) is 0. The maximum atomic E-state index is 5.66. The molecule has 0 spiro atoms. The third-order valence-corrected chi connectivity index (χ3v) is 8.11. The zero-order valence-corrected chi connectivity index (χ0v) is 21.0. The molecule has 3 heterocycles. The Hall–Kier alpha value is -2.73. The van der Waals surface area contributed by atoms with E-state index in [1.807, 2.05) is 0 Å². The first-order valence-corrected chi connectivity index (χ1v) is 12.3. The van der Waals surface area contributed by atoms with Crippen LogP contribution >= 0.6 is 0 Å². The molecule has 3 atom stereocenters. The molecule has 0 aromatic heterocycles. The molecule has 6 heteroatoms. The normalized spacial score (nSPS) is 23.8. The third kappa shape index (κ3) is 3.92. The summed E-state index contributed by atoms with van der Waals surface area (Å²) in [6.45, 7) is 5.49. The Bertz CT molecular complexity index is 1100. The molecule has 3 aliphatic heterocycles. The van der Waals surface area contributed by atoms with Gasteiger partial charge in [-0.2, -0.15) is 0 Å². The summed E-state index contributed by atoms with van der Waals surface area (Å²) in [5.41, 5.74) is 6.56. The molecule has 1 fully saturated rings. The van der Waals surface area contributed by atoms with Crippen LogP contribution in [-0.4, -0.2) is 58.7 Å². The number of benzene rings is 2. The van der Waals surface area contributed by atoms with Crippen LogP contribution in [0.1, 0.15) is 48.1 Å². The van der Waals surface area contributed by atoms with E-state index in [4.69, 9.17) is 23.9 Å². The molecule has 2 aromatic carbocycles. The zero-order valence-electron chi connectivity index (χ0n) is 21.0. The van der Waals surface area contributed by atoms with Crippen molar-refractivity contribution in [3.05, 3.63) is 46.5 Å². The maximum absolute atomic E-state index is 5.66. The minimum absolute atomic E-state index is 0.399. The summed E-state index contributed by atoms with van der Waals surface area (Å²) in [5.74, 6) is 4.31. The average molecular weight is 465 g/mol. The summed E-state index contributed by atoms with van der Waals surface area (Å²) in [7, 11) is 6.83. The fourth-order valence-corrected chi connectivity index (χ4v) is 6.25. The molecule has 0 bridgehead atoms. The van der Waals surface area contributed by atoms with E-state index in [1.54, 1.807) is 28.4 Å². The fraction of sp³-hybridized carbons (Fsp3) is 0.536. The largest absolute Gasteiger partial charge is 0.493 e. The summed E-state index contributed by atoms with van der Waals surface area (Å²) in [4.78, 5) is 7.67. The van der Waals surface area contributed by atoms with Gasteiger partial charge in [-0.15, -0.1) is 0 Å². The highest BCUT2D eigenvalue weighted by Crippen LogP contribution is 2.47. The van der Waals surface area contributed by atoms with Gasteiger partial charge in [0.1, 0.15) is 0 Å². The molecule has 1 saturated heterocycles. The van der Waals surface area contributed by atoms with Gasteiger partial charge in [-0.05, 0) is 85.0 Å². The molecule has 0 aliphatic carbocycles. The Morgan fingerprint density at radius 1 is 0.824 bits per heavy atom. The van der Waals surface area contributed by atoms with Crippen LogP contribution in [0.25, 0.3) is 0 Å². The van der Waals surface area contributed by atoms with Crippen molar-refractivity contribution in [2.75, 3.05) is 48.1 Å². The minimum atomic E-state index is 0.399. The van der Waals surface area contributed by atoms with Gasteiger partial charge in [0.2, 0.25) is 0 Å². The first kappa shape index (κ1) is 23.0. The van der Waals surface area contributed by atoms with Crippen LogP contribution in [0.15, 0.2) is 29.3 Å². The maximum Gasteiger partial charge on any atom is 0.161 e. The molecule has 3 aliphatic rings. The predicted molar refractivity (Wildman–Crippen MR) is 134 cm³/mol. The Labute approximate surface area is 202 Å². The molecule has 2 aromatic rings. The topological polar surface area (TPSA) is 52.5 Å². The SMILES string of the molecule is COc1cc2c(cc1OC)C(C[C@H]1CCN3CCc4cc(OC)c(OC)cc4[C@@H]3[C@H]1C)=NCC2. The Morgan fingerprint density at radius 3 is 2.18 bits per heavy atom. The van der Waals surface area contributed by atoms with Crippen molar-refractivity contribution in [3.8, 4) is 23.0 Å². The first-order valence-electron chi connectivity index (χ1n) is 12.3. The molecule has 182 valence electrons. The number of methoxy groups -OCH3 is 4. The Kier molecular flexibility index (Phi) is 6.43. The van der Waals surface area contributed by atoms with E-state index in [2.05, 4.69) is 36.1 Å². The van der Waals surface area contributed by atoms with Crippen molar-refractivity contribution in [2.24, 2.45) is 16.8 Å². The van der Waals surface area contributed by atoms with Crippen molar-refractivity contribution in [2.45, 2.75) is 38.6 Å². The smallest absolute Gasteiger partial charge is 0.161 e. The molecule has 0 radical (unpaired) electrons. The second kappa shape index (κ2) is 9.49. The van der Waals surface area contributed by atoms with Crippen molar-refractivity contribution in [1.29, 1.82) is 0 Å². The van der Waals surface area contributed by atoms with Crippen LogP contribution in [0.5, 0.6) is 23.0 Å². The lowest BCUT2D eigenvalue weighted by Gasteiger charge is -2.48. The van der Waals surface area contributed by atoms with Gasteiger partial charge in [0.15, 0.2) is 23.0 Å². The van der Waals surface area contributed by atoms with Crippen LogP contribution in [0.2, 0.25) is 0 Å². The summed E-state index contributed by atoms with van der Waals surface area (Å²) < 4.78 is 22.4. The number of hydrogen-bond donors (Lipinski definition) is 0. The Balaban J connectivity index is 1.43. The van der Waals surface area contributed by atoms with Gasteiger partial charge in [-0.25, -0.2) is 0 Å². The number of hydrogen-bond acceptors (Lipinski definition) is 6. The summed E-state index contributed by atoms with van der Waals surface area (Å²) >= 11 is 0. The van der Waals surface area contributed by atoms with Crippen LogP contribution in [-0.2, 0) is 12.8 Å². The quantitative estimate of drug-likeness (QED) is 0.620. The van der Waals surface area contributed by atoms with E-state index in [9.17, 15) is 0 Å². The van der Waals surface area contributed by atoms with Gasteiger partial charge in [0, 0.05) is 30.4 Å². The van der Waals surface area contributed by atoms with Gasteiger partial charge >= 0.3 is 0 Å². The minimum Gasteiger partial charge on any atom is -0.493 e. The summed E-state index contributed by atoms with van der Waals surface area (Å²) in [6, 6.07) is 9.05. The predicted octanol–water partition coefficient (Wildman–Crippen LogP) is 4.71. The van der Waals surface area contributed by atoms with Crippen LogP contribution < -0.4 is 18.9 Å². The van der Waals surface area contributed by atoms with Crippen LogP contribution in [0.4, 0.5) is 0 Å². The molecule has 0 saturated carbocycles. The number of nitrogens with zero attached hydrogens (tertiary/aromatic N) is 2. The third-order valence-electron chi connectivity index (χ3n) is 8.11. The lowest BCUT2D eigenvalue weighted by molar-refractivity contribution is 0.0512. The highest BCUT2D eigenvalue weighted by Gasteiger charge is 2.40. The highest BCUT2D eigenvalue weighted by molar-refractivity contribution is 6.03. The van der Waals surface area contributed by atoms with Gasteiger partial charge in [0.25, 0.3) is 0 Å². The number of ether oxygens (including phenoxy) is 4. The van der Waals surface area contributed by atoms with Gasteiger partial charge < -0.3 is 18.9 Å². The molecule has 5 rings (SSSR count). The van der Waals surface area contributed by atoms with Crippen LogP contribution in [0.3, 0.4) is 0 Å². The number of rotatable bonds is 6. The molecule has 34 heavy (non-hydrogen) atoms. The van der Waals surface area contributed by atoms with E-state index in [-0.39, 0.29) is 0 Å². The van der Waals surface area contributed by atoms with E-state index in [0.29, 0.717) is 17.9 Å². The van der Waals surface area contributed by atoms with Crippen LogP contribution in [0, 0.1) is 11.8 Å². The highest BCUT2D eigenvalue weighted by atomic mass is 16.5.